The highest BCUT2D eigenvalue weighted by atomic mass is 32.2. The molecular weight excluding hydrogens is 436 g/mol. The maximum atomic E-state index is 12.2. The van der Waals surface area contributed by atoms with Crippen LogP contribution in [0.5, 0.6) is 5.75 Å². The number of nitrogens with zero attached hydrogens (tertiary/aromatic N) is 5. The first-order valence-electron chi connectivity index (χ1n) is 8.57. The number of alkyl halides is 2. The molecule has 0 spiro atoms. The van der Waals surface area contributed by atoms with Crippen molar-refractivity contribution >= 4 is 17.4 Å². The SMILES string of the molecule is O=[N+]([O-])c1ccc(-c2nnc(CSc3nnc(-c4ccc(OC(F)F)cc4)o3)o2)cc1. The summed E-state index contributed by atoms with van der Waals surface area (Å²) >= 11 is 1.17. The van der Waals surface area contributed by atoms with Crippen molar-refractivity contribution in [2.45, 2.75) is 17.6 Å². The predicted octanol–water partition coefficient (Wildman–Crippen LogP) is 4.59. The zero-order chi connectivity index (χ0) is 21.8. The van der Waals surface area contributed by atoms with E-state index in [1.165, 1.54) is 60.3 Å². The fourth-order valence-corrected chi connectivity index (χ4v) is 3.04. The van der Waals surface area contributed by atoms with Crippen LogP contribution in [0.15, 0.2) is 62.6 Å². The normalized spacial score (nSPS) is 11.1. The number of hydrogen-bond donors (Lipinski definition) is 0. The summed E-state index contributed by atoms with van der Waals surface area (Å²) in [5.74, 6) is 1.01. The topological polar surface area (TPSA) is 130 Å². The van der Waals surface area contributed by atoms with Crippen LogP contribution in [0.2, 0.25) is 0 Å². The van der Waals surface area contributed by atoms with Gasteiger partial charge in [-0.2, -0.15) is 8.78 Å². The van der Waals surface area contributed by atoms with Crippen LogP contribution in [0.4, 0.5) is 14.5 Å². The maximum Gasteiger partial charge on any atom is 0.387 e. The van der Waals surface area contributed by atoms with Gasteiger partial charge in [-0.1, -0.05) is 11.8 Å². The lowest BCUT2D eigenvalue weighted by atomic mass is 10.2. The van der Waals surface area contributed by atoms with E-state index in [1.807, 2.05) is 0 Å². The third-order valence-electron chi connectivity index (χ3n) is 3.84. The number of ether oxygens (including phenoxy) is 1. The molecule has 0 radical (unpaired) electrons. The molecule has 13 heteroatoms. The Morgan fingerprint density at radius 3 is 2.19 bits per heavy atom. The van der Waals surface area contributed by atoms with Crippen LogP contribution in [0.25, 0.3) is 22.9 Å². The van der Waals surface area contributed by atoms with Gasteiger partial charge >= 0.3 is 6.61 Å². The van der Waals surface area contributed by atoms with Gasteiger partial charge in [-0.25, -0.2) is 0 Å². The molecule has 2 aromatic carbocycles. The van der Waals surface area contributed by atoms with Gasteiger partial charge in [-0.15, -0.1) is 20.4 Å². The van der Waals surface area contributed by atoms with Crippen molar-refractivity contribution in [1.82, 2.24) is 20.4 Å². The third kappa shape index (κ3) is 5.01. The van der Waals surface area contributed by atoms with Crippen LogP contribution >= 0.6 is 11.8 Å². The third-order valence-corrected chi connectivity index (χ3v) is 4.65. The van der Waals surface area contributed by atoms with Crippen molar-refractivity contribution in [3.63, 3.8) is 0 Å². The molecular formula is C18H11F2N5O5S. The van der Waals surface area contributed by atoms with Crippen LogP contribution in [0.1, 0.15) is 5.89 Å². The van der Waals surface area contributed by atoms with E-state index < -0.39 is 11.5 Å². The van der Waals surface area contributed by atoms with E-state index in [0.717, 1.165) is 0 Å². The molecule has 2 heterocycles. The van der Waals surface area contributed by atoms with E-state index in [1.54, 1.807) is 0 Å². The van der Waals surface area contributed by atoms with Crippen LogP contribution in [0, 0.1) is 10.1 Å². The summed E-state index contributed by atoms with van der Waals surface area (Å²) < 4.78 is 39.8. The van der Waals surface area contributed by atoms with Crippen molar-refractivity contribution in [3.8, 4) is 28.7 Å². The van der Waals surface area contributed by atoms with E-state index in [-0.39, 0.29) is 34.2 Å². The molecule has 158 valence electrons. The molecule has 0 N–H and O–H groups in total. The molecule has 0 saturated heterocycles. The zero-order valence-corrected chi connectivity index (χ0v) is 16.2. The number of nitro groups is 1. The second-order valence-corrected chi connectivity index (χ2v) is 6.80. The molecule has 4 rings (SSSR count). The Morgan fingerprint density at radius 1 is 0.935 bits per heavy atom. The number of non-ortho nitro benzene ring substituents is 1. The largest absolute Gasteiger partial charge is 0.435 e. The smallest absolute Gasteiger partial charge is 0.387 e. The molecule has 0 atom stereocenters. The lowest BCUT2D eigenvalue weighted by Gasteiger charge is -2.03. The molecule has 0 aliphatic heterocycles. The van der Waals surface area contributed by atoms with Crippen molar-refractivity contribution < 1.29 is 27.3 Å². The highest BCUT2D eigenvalue weighted by molar-refractivity contribution is 7.98. The molecule has 2 aromatic heterocycles. The van der Waals surface area contributed by atoms with Gasteiger partial charge in [0.05, 0.1) is 10.7 Å². The summed E-state index contributed by atoms with van der Waals surface area (Å²) in [6.45, 7) is -2.90. The number of hydrogen-bond acceptors (Lipinski definition) is 10. The van der Waals surface area contributed by atoms with Crippen molar-refractivity contribution in [2.75, 3.05) is 0 Å². The summed E-state index contributed by atoms with van der Waals surface area (Å²) in [4.78, 5) is 10.2. The second kappa shape index (κ2) is 8.87. The molecule has 0 fully saturated rings. The number of rotatable bonds is 8. The van der Waals surface area contributed by atoms with E-state index in [9.17, 15) is 18.9 Å². The summed E-state index contributed by atoms with van der Waals surface area (Å²) in [5.41, 5.74) is 1.05. The minimum Gasteiger partial charge on any atom is -0.435 e. The molecule has 31 heavy (non-hydrogen) atoms. The Morgan fingerprint density at radius 2 is 1.55 bits per heavy atom. The Bertz CT molecular complexity index is 1180. The fraction of sp³-hybridized carbons (Fsp3) is 0.111. The van der Waals surface area contributed by atoms with Crippen LogP contribution in [0.3, 0.4) is 0 Å². The molecule has 0 unspecified atom stereocenters. The molecule has 0 saturated carbocycles. The van der Waals surface area contributed by atoms with E-state index in [0.29, 0.717) is 17.0 Å². The number of thioether (sulfide) groups is 1. The molecule has 10 nitrogen and oxygen atoms in total. The lowest BCUT2D eigenvalue weighted by molar-refractivity contribution is -0.384. The Labute approximate surface area is 176 Å². The Balaban J connectivity index is 1.37. The Kier molecular flexibility index (Phi) is 5.84. The van der Waals surface area contributed by atoms with Gasteiger partial charge in [-0.3, -0.25) is 10.1 Å². The average Bonchev–Trinajstić information content (AvgIpc) is 3.42. The minimum atomic E-state index is -2.90. The van der Waals surface area contributed by atoms with Crippen molar-refractivity contribution in [3.05, 3.63) is 64.5 Å². The average molecular weight is 447 g/mol. The van der Waals surface area contributed by atoms with Gasteiger partial charge in [0.25, 0.3) is 10.9 Å². The van der Waals surface area contributed by atoms with Gasteiger partial charge in [0.1, 0.15) is 5.75 Å². The van der Waals surface area contributed by atoms with Crippen molar-refractivity contribution in [1.29, 1.82) is 0 Å². The minimum absolute atomic E-state index is 0.0214. The first kappa shape index (κ1) is 20.4. The zero-order valence-electron chi connectivity index (χ0n) is 15.3. The van der Waals surface area contributed by atoms with Crippen LogP contribution < -0.4 is 4.74 Å². The number of benzene rings is 2. The quantitative estimate of drug-likeness (QED) is 0.215. The molecule has 0 amide bonds. The Hall–Kier alpha value is -3.87. The molecule has 0 aliphatic rings. The molecule has 0 bridgehead atoms. The van der Waals surface area contributed by atoms with Crippen LogP contribution in [-0.2, 0) is 5.75 Å². The summed E-state index contributed by atoms with van der Waals surface area (Å²) in [6.07, 6.45) is 0. The standard InChI is InChI=1S/C18H11F2N5O5S/c19-17(20)28-13-7-3-11(4-8-13)16-23-24-18(30-16)31-9-14-21-22-15(29-14)10-1-5-12(6-2-10)25(26)27/h1-8,17H,9H2. The fourth-order valence-electron chi connectivity index (χ4n) is 2.44. The van der Waals surface area contributed by atoms with Crippen molar-refractivity contribution in [2.24, 2.45) is 0 Å². The van der Waals surface area contributed by atoms with E-state index >= 15 is 0 Å². The number of halogens is 2. The van der Waals surface area contributed by atoms with E-state index in [4.69, 9.17) is 8.83 Å². The number of nitro benzene ring substituents is 1. The summed E-state index contributed by atoms with van der Waals surface area (Å²) in [7, 11) is 0. The maximum absolute atomic E-state index is 12.2. The molecule has 4 aromatic rings. The molecule has 0 aliphatic carbocycles. The highest BCUT2D eigenvalue weighted by Gasteiger charge is 2.14. The van der Waals surface area contributed by atoms with E-state index in [2.05, 4.69) is 25.1 Å². The van der Waals surface area contributed by atoms with Gasteiger partial charge in [-0.05, 0) is 36.4 Å². The highest BCUT2D eigenvalue weighted by Crippen LogP contribution is 2.28. The second-order valence-electron chi connectivity index (χ2n) is 5.87. The van der Waals surface area contributed by atoms with Gasteiger partial charge < -0.3 is 13.6 Å². The first-order valence-corrected chi connectivity index (χ1v) is 9.55. The number of aromatic nitrogens is 4. The van der Waals surface area contributed by atoms with Gasteiger partial charge in [0.15, 0.2) is 0 Å². The lowest BCUT2D eigenvalue weighted by Crippen LogP contribution is -2.01. The summed E-state index contributed by atoms with van der Waals surface area (Å²) in [5, 5.41) is 26.6. The van der Waals surface area contributed by atoms with Gasteiger partial charge in [0.2, 0.25) is 17.7 Å². The van der Waals surface area contributed by atoms with Crippen LogP contribution in [-0.4, -0.2) is 31.9 Å². The first-order chi connectivity index (χ1) is 15.0. The monoisotopic (exact) mass is 447 g/mol. The summed E-state index contributed by atoms with van der Waals surface area (Å²) in [6, 6.07) is 11.5. The predicted molar refractivity (Wildman–Crippen MR) is 102 cm³/mol. The van der Waals surface area contributed by atoms with Gasteiger partial charge in [0, 0.05) is 23.3 Å².